The number of carbonyl (C=O) groups is 1. The summed E-state index contributed by atoms with van der Waals surface area (Å²) in [6.07, 6.45) is -4.23. The van der Waals surface area contributed by atoms with Gasteiger partial charge < -0.3 is 15.4 Å². The highest BCUT2D eigenvalue weighted by Gasteiger charge is 2.32. The van der Waals surface area contributed by atoms with Crippen molar-refractivity contribution in [2.75, 3.05) is 19.8 Å². The molecular weight excluding hydrogens is 285 g/mol. The zero-order valence-corrected chi connectivity index (χ0v) is 11.4. The van der Waals surface area contributed by atoms with Crippen LogP contribution in [-0.4, -0.2) is 31.7 Å². The van der Waals surface area contributed by atoms with Crippen LogP contribution < -0.4 is 10.6 Å². The van der Waals surface area contributed by atoms with Gasteiger partial charge in [0.15, 0.2) is 0 Å². The molecule has 1 aromatic carbocycles. The highest BCUT2D eigenvalue weighted by Crippen LogP contribution is 2.31. The maximum atomic E-state index is 12.8. The van der Waals surface area contributed by atoms with Crippen LogP contribution in [0, 0.1) is 0 Å². The molecule has 1 unspecified atom stereocenters. The maximum Gasteiger partial charge on any atom is 0.416 e. The summed E-state index contributed by atoms with van der Waals surface area (Å²) in [5, 5.41) is 5.64. The molecule has 4 nitrogen and oxygen atoms in total. The van der Waals surface area contributed by atoms with Gasteiger partial charge in [0, 0.05) is 25.6 Å². The largest absolute Gasteiger partial charge is 0.416 e. The standard InChI is InChI=1S/C14H17F3N2O2/c15-14(16,17)12-4-2-1-3-10(12)8-19-13(20)7-11-9-21-6-5-18-11/h1-4,11,18H,5-9H2,(H,19,20). The van der Waals surface area contributed by atoms with Crippen LogP contribution in [-0.2, 0) is 22.3 Å². The van der Waals surface area contributed by atoms with Gasteiger partial charge in [-0.05, 0) is 11.6 Å². The van der Waals surface area contributed by atoms with Crippen molar-refractivity contribution in [3.05, 3.63) is 35.4 Å². The highest BCUT2D eigenvalue weighted by atomic mass is 19.4. The molecule has 116 valence electrons. The van der Waals surface area contributed by atoms with Crippen LogP contribution in [0.4, 0.5) is 13.2 Å². The van der Waals surface area contributed by atoms with E-state index in [0.717, 1.165) is 6.07 Å². The number of rotatable bonds is 4. The predicted octanol–water partition coefficient (Wildman–Crippen LogP) is 1.70. The summed E-state index contributed by atoms with van der Waals surface area (Å²) in [5.41, 5.74) is -0.657. The minimum atomic E-state index is -4.42. The molecule has 0 radical (unpaired) electrons. The quantitative estimate of drug-likeness (QED) is 0.890. The number of morpholine rings is 1. The molecular formula is C14H17F3N2O2. The summed E-state index contributed by atoms with van der Waals surface area (Å²) in [6, 6.07) is 5.14. The van der Waals surface area contributed by atoms with E-state index in [2.05, 4.69) is 10.6 Å². The number of nitrogens with one attached hydrogen (secondary N) is 2. The van der Waals surface area contributed by atoms with Gasteiger partial charge in [0.2, 0.25) is 5.91 Å². The molecule has 1 fully saturated rings. The van der Waals surface area contributed by atoms with Gasteiger partial charge in [-0.25, -0.2) is 0 Å². The van der Waals surface area contributed by atoms with E-state index in [4.69, 9.17) is 4.74 Å². The zero-order valence-electron chi connectivity index (χ0n) is 11.4. The van der Waals surface area contributed by atoms with Gasteiger partial charge in [-0.2, -0.15) is 13.2 Å². The Labute approximate surface area is 120 Å². The van der Waals surface area contributed by atoms with E-state index in [1.807, 2.05) is 0 Å². The summed E-state index contributed by atoms with van der Waals surface area (Å²) >= 11 is 0. The predicted molar refractivity (Wildman–Crippen MR) is 70.5 cm³/mol. The van der Waals surface area contributed by atoms with Crippen molar-refractivity contribution in [2.45, 2.75) is 25.2 Å². The van der Waals surface area contributed by atoms with Crippen LogP contribution in [0.3, 0.4) is 0 Å². The number of carbonyl (C=O) groups excluding carboxylic acids is 1. The molecule has 2 N–H and O–H groups in total. The first-order chi connectivity index (χ1) is 9.97. The SMILES string of the molecule is O=C(CC1COCCN1)NCc1ccccc1C(F)(F)F. The van der Waals surface area contributed by atoms with E-state index < -0.39 is 11.7 Å². The third kappa shape index (κ3) is 4.71. The fourth-order valence-electron chi connectivity index (χ4n) is 2.19. The van der Waals surface area contributed by atoms with Crippen LogP contribution in [0.15, 0.2) is 24.3 Å². The van der Waals surface area contributed by atoms with Crippen molar-refractivity contribution >= 4 is 5.91 Å². The molecule has 7 heteroatoms. The molecule has 0 saturated carbocycles. The van der Waals surface area contributed by atoms with Gasteiger partial charge in [0.1, 0.15) is 0 Å². The fraction of sp³-hybridized carbons (Fsp3) is 0.500. The van der Waals surface area contributed by atoms with Gasteiger partial charge in [-0.15, -0.1) is 0 Å². The number of halogens is 3. The summed E-state index contributed by atoms with van der Waals surface area (Å²) in [7, 11) is 0. The van der Waals surface area contributed by atoms with Gasteiger partial charge in [0.25, 0.3) is 0 Å². The lowest BCUT2D eigenvalue weighted by Gasteiger charge is -2.23. The Morgan fingerprint density at radius 1 is 1.38 bits per heavy atom. The summed E-state index contributed by atoms with van der Waals surface area (Å²) in [6.45, 7) is 1.58. The van der Waals surface area contributed by atoms with Crippen molar-refractivity contribution in [1.29, 1.82) is 0 Å². The number of alkyl halides is 3. The van der Waals surface area contributed by atoms with Crippen molar-refractivity contribution < 1.29 is 22.7 Å². The first kappa shape index (κ1) is 15.8. The number of amides is 1. The molecule has 1 aliphatic rings. The van der Waals surface area contributed by atoms with E-state index in [-0.39, 0.29) is 30.5 Å². The molecule has 0 aliphatic carbocycles. The lowest BCUT2D eigenvalue weighted by atomic mass is 10.1. The Bertz CT molecular complexity index is 485. The van der Waals surface area contributed by atoms with Gasteiger partial charge >= 0.3 is 6.18 Å². The van der Waals surface area contributed by atoms with Crippen LogP contribution in [0.5, 0.6) is 0 Å². The lowest BCUT2D eigenvalue weighted by molar-refractivity contribution is -0.138. The molecule has 0 aromatic heterocycles. The van der Waals surface area contributed by atoms with Crippen molar-refractivity contribution in [3.63, 3.8) is 0 Å². The number of benzene rings is 1. The molecule has 0 spiro atoms. The van der Waals surface area contributed by atoms with E-state index in [1.54, 1.807) is 0 Å². The van der Waals surface area contributed by atoms with E-state index in [9.17, 15) is 18.0 Å². The second kappa shape index (κ2) is 6.91. The fourth-order valence-corrected chi connectivity index (χ4v) is 2.19. The Hall–Kier alpha value is -1.60. The Morgan fingerprint density at radius 2 is 2.14 bits per heavy atom. The molecule has 1 heterocycles. The highest BCUT2D eigenvalue weighted by molar-refractivity contribution is 5.76. The Balaban J connectivity index is 1.89. The van der Waals surface area contributed by atoms with Crippen LogP contribution in [0.25, 0.3) is 0 Å². The smallest absolute Gasteiger partial charge is 0.378 e. The van der Waals surface area contributed by atoms with Crippen molar-refractivity contribution in [1.82, 2.24) is 10.6 Å². The molecule has 0 bridgehead atoms. The first-order valence-electron chi connectivity index (χ1n) is 6.70. The molecule has 2 rings (SSSR count). The van der Waals surface area contributed by atoms with Crippen LogP contribution in [0.2, 0.25) is 0 Å². The molecule has 21 heavy (non-hydrogen) atoms. The number of ether oxygens (including phenoxy) is 1. The molecule has 1 aliphatic heterocycles. The van der Waals surface area contributed by atoms with E-state index >= 15 is 0 Å². The molecule has 1 amide bonds. The zero-order chi connectivity index (χ0) is 15.3. The summed E-state index contributed by atoms with van der Waals surface area (Å²) < 4.78 is 43.6. The minimum absolute atomic E-state index is 0.0613. The van der Waals surface area contributed by atoms with Crippen LogP contribution in [0.1, 0.15) is 17.5 Å². The topological polar surface area (TPSA) is 50.4 Å². The van der Waals surface area contributed by atoms with Crippen LogP contribution >= 0.6 is 0 Å². The van der Waals surface area contributed by atoms with Gasteiger partial charge in [0.05, 0.1) is 18.8 Å². The molecule has 1 saturated heterocycles. The maximum absolute atomic E-state index is 12.8. The minimum Gasteiger partial charge on any atom is -0.378 e. The normalized spacial score (nSPS) is 19.3. The Kier molecular flexibility index (Phi) is 5.19. The average Bonchev–Trinajstić information content (AvgIpc) is 2.45. The molecule has 1 aromatic rings. The third-order valence-electron chi connectivity index (χ3n) is 3.23. The summed E-state index contributed by atoms with van der Waals surface area (Å²) in [5.74, 6) is -0.296. The first-order valence-corrected chi connectivity index (χ1v) is 6.70. The number of hydrogen-bond acceptors (Lipinski definition) is 3. The monoisotopic (exact) mass is 302 g/mol. The Morgan fingerprint density at radius 3 is 2.81 bits per heavy atom. The average molecular weight is 302 g/mol. The lowest BCUT2D eigenvalue weighted by Crippen LogP contribution is -2.44. The van der Waals surface area contributed by atoms with Gasteiger partial charge in [-0.1, -0.05) is 18.2 Å². The van der Waals surface area contributed by atoms with Gasteiger partial charge in [-0.3, -0.25) is 4.79 Å². The second-order valence-electron chi connectivity index (χ2n) is 4.86. The summed E-state index contributed by atoms with van der Waals surface area (Å²) in [4.78, 5) is 11.8. The third-order valence-corrected chi connectivity index (χ3v) is 3.23. The second-order valence-corrected chi connectivity index (χ2v) is 4.86. The molecule has 1 atom stereocenters. The van der Waals surface area contributed by atoms with E-state index in [1.165, 1.54) is 18.2 Å². The number of hydrogen-bond donors (Lipinski definition) is 2. The van der Waals surface area contributed by atoms with Crippen molar-refractivity contribution in [3.8, 4) is 0 Å². The van der Waals surface area contributed by atoms with Crippen molar-refractivity contribution in [2.24, 2.45) is 0 Å². The van der Waals surface area contributed by atoms with E-state index in [0.29, 0.717) is 19.8 Å².